The van der Waals surface area contributed by atoms with Crippen LogP contribution in [0.15, 0.2) is 54.6 Å². The first-order chi connectivity index (χ1) is 13.0. The van der Waals surface area contributed by atoms with Crippen LogP contribution in [0.5, 0.6) is 0 Å². The van der Waals surface area contributed by atoms with Crippen LogP contribution in [0.1, 0.15) is 30.9 Å². The summed E-state index contributed by atoms with van der Waals surface area (Å²) in [5.41, 5.74) is 7.56. The van der Waals surface area contributed by atoms with Gasteiger partial charge in [-0.3, -0.25) is 9.58 Å². The van der Waals surface area contributed by atoms with E-state index in [0.717, 1.165) is 25.3 Å². The van der Waals surface area contributed by atoms with Crippen molar-refractivity contribution in [1.82, 2.24) is 14.7 Å². The average Bonchev–Trinajstić information content (AvgIpc) is 3.00. The number of hydrogen-bond donors (Lipinski definition) is 0. The van der Waals surface area contributed by atoms with Gasteiger partial charge in [0, 0.05) is 24.5 Å². The third-order valence-corrected chi connectivity index (χ3v) is 6.03. The highest BCUT2D eigenvalue weighted by Gasteiger charge is 2.21. The first-order valence-corrected chi connectivity index (χ1v) is 9.93. The lowest BCUT2D eigenvalue weighted by atomic mass is 9.91. The lowest BCUT2D eigenvalue weighted by Gasteiger charge is -2.32. The Morgan fingerprint density at radius 1 is 1.11 bits per heavy atom. The van der Waals surface area contributed by atoms with E-state index in [2.05, 4.69) is 79.5 Å². The van der Waals surface area contributed by atoms with Crippen LogP contribution in [0.4, 0.5) is 0 Å². The number of piperidine rings is 1. The third kappa shape index (κ3) is 3.44. The van der Waals surface area contributed by atoms with Gasteiger partial charge in [0.2, 0.25) is 0 Å². The Labute approximate surface area is 162 Å². The second kappa shape index (κ2) is 7.32. The quantitative estimate of drug-likeness (QED) is 0.587. The van der Waals surface area contributed by atoms with Crippen LogP contribution in [-0.4, -0.2) is 27.8 Å². The summed E-state index contributed by atoms with van der Waals surface area (Å²) in [7, 11) is 2.07. The molecule has 1 aromatic heterocycles. The first-order valence-electron chi connectivity index (χ1n) is 9.93. The van der Waals surface area contributed by atoms with E-state index in [1.54, 1.807) is 0 Å². The molecule has 3 heteroatoms. The van der Waals surface area contributed by atoms with Gasteiger partial charge in [-0.05, 0) is 56.8 Å². The van der Waals surface area contributed by atoms with Crippen LogP contribution in [0.25, 0.3) is 22.2 Å². The summed E-state index contributed by atoms with van der Waals surface area (Å²) in [6.07, 6.45) is 2.45. The maximum atomic E-state index is 4.90. The Morgan fingerprint density at radius 2 is 1.85 bits per heavy atom. The van der Waals surface area contributed by atoms with Gasteiger partial charge in [0.25, 0.3) is 0 Å². The standard InChI is InChI=1S/C24H29N3/c1-17(2)19-12-14-27(15-13-19)16-20-9-7-11-22-23(25-26(4)24(20)22)21-10-6-5-8-18(21)3/h5-11,19H,1,12-16H2,2-4H3. The maximum Gasteiger partial charge on any atom is 0.100 e. The molecule has 3 aromatic rings. The van der Waals surface area contributed by atoms with Gasteiger partial charge < -0.3 is 0 Å². The lowest BCUT2D eigenvalue weighted by molar-refractivity contribution is 0.192. The molecule has 0 radical (unpaired) electrons. The molecule has 0 bridgehead atoms. The fourth-order valence-electron chi connectivity index (χ4n) is 4.41. The van der Waals surface area contributed by atoms with Gasteiger partial charge in [0.15, 0.2) is 0 Å². The zero-order valence-corrected chi connectivity index (χ0v) is 16.7. The van der Waals surface area contributed by atoms with Crippen LogP contribution in [-0.2, 0) is 13.6 Å². The van der Waals surface area contributed by atoms with Gasteiger partial charge in [-0.25, -0.2) is 0 Å². The van der Waals surface area contributed by atoms with Crippen molar-refractivity contribution in [3.8, 4) is 11.3 Å². The summed E-state index contributed by atoms with van der Waals surface area (Å²) in [4.78, 5) is 2.58. The number of para-hydroxylation sites is 1. The van der Waals surface area contributed by atoms with Crippen molar-refractivity contribution in [1.29, 1.82) is 0 Å². The van der Waals surface area contributed by atoms with Crippen molar-refractivity contribution in [3.63, 3.8) is 0 Å². The molecule has 0 saturated carbocycles. The van der Waals surface area contributed by atoms with Crippen molar-refractivity contribution < 1.29 is 0 Å². The minimum Gasteiger partial charge on any atom is -0.299 e. The van der Waals surface area contributed by atoms with Gasteiger partial charge in [-0.2, -0.15) is 5.10 Å². The van der Waals surface area contributed by atoms with E-state index < -0.39 is 0 Å². The molecule has 0 amide bonds. The van der Waals surface area contributed by atoms with E-state index in [1.807, 2.05) is 0 Å². The Hall–Kier alpha value is -2.39. The van der Waals surface area contributed by atoms with Crippen molar-refractivity contribution in [2.45, 2.75) is 33.2 Å². The predicted octanol–water partition coefficient (Wildman–Crippen LogP) is 5.34. The second-order valence-corrected chi connectivity index (χ2v) is 8.00. The summed E-state index contributed by atoms with van der Waals surface area (Å²) in [5, 5.41) is 6.15. The molecular weight excluding hydrogens is 330 g/mol. The topological polar surface area (TPSA) is 21.1 Å². The Balaban J connectivity index is 1.66. The number of aromatic nitrogens is 2. The highest BCUT2D eigenvalue weighted by molar-refractivity contribution is 5.95. The summed E-state index contributed by atoms with van der Waals surface area (Å²) in [6, 6.07) is 15.2. The minimum absolute atomic E-state index is 0.696. The molecule has 0 atom stereocenters. The van der Waals surface area contributed by atoms with E-state index in [0.29, 0.717) is 5.92 Å². The number of likely N-dealkylation sites (tertiary alicyclic amines) is 1. The molecule has 1 aliphatic heterocycles. The van der Waals surface area contributed by atoms with E-state index in [4.69, 9.17) is 5.10 Å². The molecule has 0 spiro atoms. The van der Waals surface area contributed by atoms with Gasteiger partial charge in [-0.15, -0.1) is 0 Å². The average molecular weight is 360 g/mol. The van der Waals surface area contributed by atoms with Crippen LogP contribution in [0.2, 0.25) is 0 Å². The van der Waals surface area contributed by atoms with Gasteiger partial charge in [0.05, 0.1) is 5.52 Å². The monoisotopic (exact) mass is 359 g/mol. The maximum absolute atomic E-state index is 4.90. The van der Waals surface area contributed by atoms with Crippen molar-refractivity contribution in [3.05, 3.63) is 65.7 Å². The minimum atomic E-state index is 0.696. The number of rotatable bonds is 4. The molecule has 140 valence electrons. The number of fused-ring (bicyclic) bond motifs is 1. The smallest absolute Gasteiger partial charge is 0.100 e. The summed E-state index contributed by atoms with van der Waals surface area (Å²) in [6.45, 7) is 11.8. The Bertz CT molecular complexity index is 974. The largest absolute Gasteiger partial charge is 0.299 e. The van der Waals surface area contributed by atoms with Gasteiger partial charge in [0.1, 0.15) is 5.69 Å². The summed E-state index contributed by atoms with van der Waals surface area (Å²) in [5.74, 6) is 0.696. The molecule has 0 N–H and O–H groups in total. The molecule has 4 rings (SSSR count). The zero-order valence-electron chi connectivity index (χ0n) is 16.7. The molecule has 2 heterocycles. The fourth-order valence-corrected chi connectivity index (χ4v) is 4.41. The molecule has 0 unspecified atom stereocenters. The van der Waals surface area contributed by atoms with Crippen molar-refractivity contribution in [2.24, 2.45) is 13.0 Å². The van der Waals surface area contributed by atoms with E-state index in [-0.39, 0.29) is 0 Å². The number of nitrogens with zero attached hydrogens (tertiary/aromatic N) is 3. The third-order valence-electron chi connectivity index (χ3n) is 6.03. The predicted molar refractivity (Wildman–Crippen MR) is 114 cm³/mol. The molecule has 3 nitrogen and oxygen atoms in total. The zero-order chi connectivity index (χ0) is 19.0. The lowest BCUT2D eigenvalue weighted by Crippen LogP contribution is -2.33. The molecule has 2 aromatic carbocycles. The van der Waals surface area contributed by atoms with E-state index in [1.165, 1.54) is 46.0 Å². The highest BCUT2D eigenvalue weighted by atomic mass is 15.3. The van der Waals surface area contributed by atoms with Gasteiger partial charge >= 0.3 is 0 Å². The molecule has 1 saturated heterocycles. The Kier molecular flexibility index (Phi) is 4.88. The molecule has 1 aliphatic rings. The number of aryl methyl sites for hydroxylation is 2. The van der Waals surface area contributed by atoms with Crippen molar-refractivity contribution in [2.75, 3.05) is 13.1 Å². The van der Waals surface area contributed by atoms with Gasteiger partial charge in [-0.1, -0.05) is 54.6 Å². The highest BCUT2D eigenvalue weighted by Crippen LogP contribution is 2.32. The SMILES string of the molecule is C=C(C)C1CCN(Cc2cccc3c(-c4ccccc4C)nn(C)c23)CC1. The van der Waals surface area contributed by atoms with E-state index >= 15 is 0 Å². The summed E-state index contributed by atoms with van der Waals surface area (Å²) >= 11 is 0. The molecular formula is C24H29N3. The molecule has 1 fully saturated rings. The second-order valence-electron chi connectivity index (χ2n) is 8.00. The fraction of sp³-hybridized carbons (Fsp3) is 0.375. The van der Waals surface area contributed by atoms with Crippen LogP contribution in [0.3, 0.4) is 0 Å². The van der Waals surface area contributed by atoms with Crippen LogP contribution >= 0.6 is 0 Å². The number of allylic oxidation sites excluding steroid dienone is 1. The number of hydrogen-bond acceptors (Lipinski definition) is 2. The molecule has 27 heavy (non-hydrogen) atoms. The van der Waals surface area contributed by atoms with E-state index in [9.17, 15) is 0 Å². The molecule has 0 aliphatic carbocycles. The summed E-state index contributed by atoms with van der Waals surface area (Å²) < 4.78 is 2.06. The first kappa shape index (κ1) is 18.0. The van der Waals surface area contributed by atoms with Crippen LogP contribution in [0, 0.1) is 12.8 Å². The number of benzene rings is 2. The Morgan fingerprint density at radius 3 is 2.56 bits per heavy atom. The van der Waals surface area contributed by atoms with Crippen LogP contribution < -0.4 is 0 Å². The normalized spacial score (nSPS) is 16.1. The van der Waals surface area contributed by atoms with Crippen molar-refractivity contribution >= 4 is 10.9 Å².